The number of alkyl carbamates (subject to hydrolysis) is 1. The molecule has 282 valence electrons. The lowest BCUT2D eigenvalue weighted by molar-refractivity contribution is -0.274. The van der Waals surface area contributed by atoms with Gasteiger partial charge >= 0.3 is 6.09 Å². The quantitative estimate of drug-likeness (QED) is 0.103. The fourth-order valence-corrected chi connectivity index (χ4v) is 5.78. The first-order valence-electron chi connectivity index (χ1n) is 20.0. The highest BCUT2D eigenvalue weighted by Gasteiger charge is 2.49. The van der Waals surface area contributed by atoms with E-state index in [0.29, 0.717) is 22.3 Å². The molecule has 53 heavy (non-hydrogen) atoms. The van der Waals surface area contributed by atoms with E-state index in [1.807, 2.05) is 24.3 Å². The Bertz CT molecular complexity index is 1790. The summed E-state index contributed by atoms with van der Waals surface area (Å²) in [4.78, 5) is 13.1. The van der Waals surface area contributed by atoms with Crippen LogP contribution in [0.1, 0.15) is 54.9 Å². The zero-order valence-electron chi connectivity index (χ0n) is 34.3. The number of carbonyl (C=O) groups excluding carboxylic acids is 1. The Labute approximate surface area is 318 Å². The van der Waals surface area contributed by atoms with Crippen molar-refractivity contribution in [2.75, 3.05) is 6.61 Å². The van der Waals surface area contributed by atoms with Gasteiger partial charge < -0.3 is 33.7 Å². The van der Waals surface area contributed by atoms with Gasteiger partial charge in [0.1, 0.15) is 36.2 Å². The number of ether oxygens (including phenoxy) is 6. The summed E-state index contributed by atoms with van der Waals surface area (Å²) < 4.78 is 89.9. The van der Waals surface area contributed by atoms with Crippen molar-refractivity contribution in [2.24, 2.45) is 0 Å². The zero-order chi connectivity index (χ0) is 41.0. The molecule has 4 aromatic carbocycles. The van der Waals surface area contributed by atoms with E-state index >= 15 is 4.39 Å². The molecule has 1 heterocycles. The number of hydrogen-bond acceptors (Lipinski definition) is 7. The van der Waals surface area contributed by atoms with Crippen LogP contribution in [0.15, 0.2) is 134 Å². The lowest BCUT2D eigenvalue weighted by Crippen LogP contribution is -2.62. The minimum absolute atomic E-state index is 0.234. The van der Waals surface area contributed by atoms with Gasteiger partial charge in [0.2, 0.25) is 0 Å². The molecule has 1 N–H and O–H groups in total. The molecule has 4 aromatic rings. The van der Waals surface area contributed by atoms with Gasteiger partial charge in [-0.2, -0.15) is 0 Å². The molecule has 1 fully saturated rings. The number of benzene rings is 4. The van der Waals surface area contributed by atoms with Crippen LogP contribution in [0.5, 0.6) is 0 Å². The van der Waals surface area contributed by atoms with Crippen molar-refractivity contribution in [3.05, 3.63) is 156 Å². The van der Waals surface area contributed by atoms with Crippen molar-refractivity contribution in [1.29, 1.82) is 0 Å². The third-order valence-electron chi connectivity index (χ3n) is 8.29. The molecule has 0 spiro atoms. The molecule has 0 radical (unpaired) electrons. The van der Waals surface area contributed by atoms with Crippen LogP contribution in [0.3, 0.4) is 0 Å². The number of alkyl halides is 1. The summed E-state index contributed by atoms with van der Waals surface area (Å²) in [6.45, 7) is 3.42. The smallest absolute Gasteiger partial charge is 0.407 e. The van der Waals surface area contributed by atoms with E-state index in [0.717, 1.165) is 6.08 Å². The lowest BCUT2D eigenvalue weighted by Gasteiger charge is -2.47. The first-order valence-corrected chi connectivity index (χ1v) is 17.7. The Morgan fingerprint density at radius 2 is 1.15 bits per heavy atom. The highest BCUT2D eigenvalue weighted by atomic mass is 19.1. The van der Waals surface area contributed by atoms with Crippen molar-refractivity contribution < 1.29 is 43.1 Å². The van der Waals surface area contributed by atoms with Crippen LogP contribution in [-0.4, -0.2) is 61.0 Å². The Balaban J connectivity index is 1.59. The van der Waals surface area contributed by atoms with E-state index in [9.17, 15) is 6.17 Å². The fraction of sp³-hybridized carbons (Fsp3) is 0.386. The van der Waals surface area contributed by atoms with Crippen LogP contribution < -0.4 is 5.32 Å². The largest absolute Gasteiger partial charge is 0.444 e. The Hall–Kier alpha value is -4.38. The second-order valence-electron chi connectivity index (χ2n) is 13.6. The van der Waals surface area contributed by atoms with Crippen LogP contribution in [0.25, 0.3) is 0 Å². The van der Waals surface area contributed by atoms with Crippen LogP contribution >= 0.6 is 0 Å². The maximum absolute atomic E-state index is 15.8. The van der Waals surface area contributed by atoms with Gasteiger partial charge in [0, 0.05) is 0 Å². The predicted octanol–water partition coefficient (Wildman–Crippen LogP) is 8.53. The topological polar surface area (TPSA) is 84.5 Å². The van der Waals surface area contributed by atoms with Gasteiger partial charge in [-0.3, -0.25) is 0 Å². The van der Waals surface area contributed by atoms with Crippen LogP contribution in [0.2, 0.25) is 0 Å². The summed E-state index contributed by atoms with van der Waals surface area (Å²) in [5.41, 5.74) is 1.25. The number of nitrogens with one attached hydrogen (secondary N) is 1. The predicted molar refractivity (Wildman–Crippen MR) is 203 cm³/mol. The van der Waals surface area contributed by atoms with Crippen LogP contribution in [0.4, 0.5) is 9.18 Å². The number of carbonyl (C=O) groups is 1. The highest BCUT2D eigenvalue weighted by Crippen LogP contribution is 2.33. The zero-order valence-corrected chi connectivity index (χ0v) is 30.3. The molecule has 0 aliphatic carbocycles. The van der Waals surface area contributed by atoms with Crippen molar-refractivity contribution >= 4 is 6.09 Å². The van der Waals surface area contributed by atoms with Crippen molar-refractivity contribution in [1.82, 2.24) is 5.32 Å². The molecule has 1 aliphatic heterocycles. The molecule has 1 saturated heterocycles. The lowest BCUT2D eigenvalue weighted by atomic mass is 9.89. The van der Waals surface area contributed by atoms with Gasteiger partial charge in [-0.1, -0.05) is 127 Å². The second-order valence-corrected chi connectivity index (χ2v) is 13.6. The minimum Gasteiger partial charge on any atom is -0.444 e. The molecule has 1 amide bonds. The van der Waals surface area contributed by atoms with Crippen molar-refractivity contribution in [3.63, 3.8) is 0 Å². The molecular weight excluding hydrogens is 673 g/mol. The van der Waals surface area contributed by atoms with Gasteiger partial charge in [-0.25, -0.2) is 9.18 Å². The molecule has 11 atom stereocenters. The average Bonchev–Trinajstić information content (AvgIpc) is 3.21. The second kappa shape index (κ2) is 20.2. The molecule has 0 bridgehead atoms. The van der Waals surface area contributed by atoms with Crippen molar-refractivity contribution in [2.45, 2.75) is 102 Å². The standard InChI is InChI=1S/C44H52FNO7/c1-5-36(45)37(46-43(47)53-44(2,3)4)26-38-40(49-28-33-20-12-7-13-21-33)42(51-30-35-24-16-9-17-25-35)41(50-29-34-22-14-8-15-23-34)39(52-38)31-48-27-32-18-10-6-11-19-32/h5-25,36-42H,1,26-31H2,2-4H3,(H,46,47)/t36-,37+,38?,39-,40+,41+,42-/m1/s1/i27D,28D,29D,30D/t27?,28?,29?,30?,36-,37+,38?,39-,40+,41+,42-. The van der Waals surface area contributed by atoms with Gasteiger partial charge in [0.05, 0.1) is 50.6 Å². The average molecular weight is 730 g/mol. The Morgan fingerprint density at radius 3 is 1.58 bits per heavy atom. The summed E-state index contributed by atoms with van der Waals surface area (Å²) in [5.74, 6) is 0. The number of rotatable bonds is 18. The van der Waals surface area contributed by atoms with Crippen LogP contribution in [-0.2, 0) is 54.8 Å². The maximum atomic E-state index is 15.8. The Morgan fingerprint density at radius 1 is 0.736 bits per heavy atom. The van der Waals surface area contributed by atoms with Crippen LogP contribution in [0, 0.1) is 0 Å². The molecule has 8 nitrogen and oxygen atoms in total. The molecule has 9 heteroatoms. The van der Waals surface area contributed by atoms with E-state index in [2.05, 4.69) is 11.9 Å². The Kier molecular flexibility index (Phi) is 13.1. The molecule has 0 saturated carbocycles. The number of hydrogen-bond donors (Lipinski definition) is 1. The third-order valence-corrected chi connectivity index (χ3v) is 8.29. The van der Waals surface area contributed by atoms with E-state index in [1.54, 1.807) is 118 Å². The van der Waals surface area contributed by atoms with Gasteiger partial charge in [-0.05, 0) is 49.4 Å². The first kappa shape index (κ1) is 34.4. The van der Waals surface area contributed by atoms with Gasteiger partial charge in [-0.15, -0.1) is 6.58 Å². The van der Waals surface area contributed by atoms with E-state index in [4.69, 9.17) is 32.5 Å². The molecule has 1 aliphatic rings. The number of halogens is 1. The monoisotopic (exact) mass is 729 g/mol. The summed E-state index contributed by atoms with van der Waals surface area (Å²) >= 11 is 0. The highest BCUT2D eigenvalue weighted by molar-refractivity contribution is 5.68. The molecule has 5 unspecified atom stereocenters. The van der Waals surface area contributed by atoms with Gasteiger partial charge in [0.25, 0.3) is 0 Å². The first-order chi connectivity index (χ1) is 27.3. The summed E-state index contributed by atoms with van der Waals surface area (Å²) in [6.07, 6.45) is -7.70. The van der Waals surface area contributed by atoms with E-state index < -0.39 is 80.8 Å². The maximum Gasteiger partial charge on any atom is 0.407 e. The summed E-state index contributed by atoms with van der Waals surface area (Å²) in [5, 5.41) is 2.62. The van der Waals surface area contributed by atoms with E-state index in [1.165, 1.54) is 0 Å². The molecule has 0 aromatic heterocycles. The number of amides is 1. The minimum atomic E-state index is -1.77. The molecular formula is C44H52FNO7. The summed E-state index contributed by atoms with van der Waals surface area (Å²) in [7, 11) is 0. The third kappa shape index (κ3) is 12.9. The SMILES string of the molecule is [2H]C(OC[C@H]1OC(C[C@H](NC(=O)OC(C)(C)C)[C@H](F)C=C)[C@H](OC([2H])c2ccccc2)[C@@H](OC([2H])c2ccccc2)[C@H]1OC([2H])c1ccccc1)c1ccccc1. The van der Waals surface area contributed by atoms with Crippen molar-refractivity contribution in [3.8, 4) is 0 Å². The summed E-state index contributed by atoms with van der Waals surface area (Å²) in [6, 6.07) is 34.2. The van der Waals surface area contributed by atoms with E-state index in [-0.39, 0.29) is 13.0 Å². The fourth-order valence-electron chi connectivity index (χ4n) is 5.78. The normalized spacial score (nSPS) is 24.8. The molecule has 5 rings (SSSR count). The van der Waals surface area contributed by atoms with Gasteiger partial charge in [0.15, 0.2) is 0 Å².